The van der Waals surface area contributed by atoms with Crippen LogP contribution in [-0.4, -0.2) is 0 Å². The summed E-state index contributed by atoms with van der Waals surface area (Å²) in [4.78, 5) is 0. The fourth-order valence-electron chi connectivity index (χ4n) is 6.87. The molecule has 4 aliphatic carbocycles. The van der Waals surface area contributed by atoms with Crippen molar-refractivity contribution in [3.63, 3.8) is 0 Å². The van der Waals surface area contributed by atoms with E-state index in [1.807, 2.05) is 0 Å². The molecule has 0 nitrogen and oxygen atoms in total. The fraction of sp³-hybridized carbons (Fsp3) is 1.00. The second-order valence-corrected chi connectivity index (χ2v) is 8.27. The van der Waals surface area contributed by atoms with Gasteiger partial charge < -0.3 is 0 Å². The highest BCUT2D eigenvalue weighted by Crippen LogP contribution is 2.66. The SMILES string of the molecule is C1CC2CCCC(C34CCCC(CCC3)C4)(C1)C2. The summed E-state index contributed by atoms with van der Waals surface area (Å²) in [5.41, 5.74) is 1.65. The summed E-state index contributed by atoms with van der Waals surface area (Å²) in [7, 11) is 0. The maximum atomic E-state index is 1.64. The standard InChI is InChI=1S/C18H30/c1-5-15-6-2-10-17(9-1,13-15)18-11-3-7-16(14-18)8-4-12-18/h15-16H,1-14H2. The van der Waals surface area contributed by atoms with Crippen molar-refractivity contribution in [1.29, 1.82) is 0 Å². The van der Waals surface area contributed by atoms with Crippen LogP contribution in [0.3, 0.4) is 0 Å². The van der Waals surface area contributed by atoms with E-state index in [1.54, 1.807) is 89.9 Å². The molecule has 0 spiro atoms. The van der Waals surface area contributed by atoms with E-state index in [0.29, 0.717) is 0 Å². The quantitative estimate of drug-likeness (QED) is 0.556. The Labute approximate surface area is 113 Å². The third kappa shape index (κ3) is 1.63. The van der Waals surface area contributed by atoms with E-state index in [4.69, 9.17) is 0 Å². The molecule has 0 aromatic heterocycles. The molecule has 0 radical (unpaired) electrons. The van der Waals surface area contributed by atoms with Crippen LogP contribution in [0, 0.1) is 22.7 Å². The minimum atomic E-state index is 0.827. The van der Waals surface area contributed by atoms with Gasteiger partial charge in [0.25, 0.3) is 0 Å². The normalized spacial score (nSPS) is 52.0. The first-order valence-corrected chi connectivity index (χ1v) is 8.82. The van der Waals surface area contributed by atoms with Crippen molar-refractivity contribution in [3.05, 3.63) is 0 Å². The molecular formula is C18H30. The summed E-state index contributed by atoms with van der Waals surface area (Å²) >= 11 is 0. The summed E-state index contributed by atoms with van der Waals surface area (Å²) in [5, 5.41) is 0. The lowest BCUT2D eigenvalue weighted by atomic mass is 9.43. The first-order chi connectivity index (χ1) is 8.82. The van der Waals surface area contributed by atoms with E-state index in [-0.39, 0.29) is 0 Å². The molecule has 4 aliphatic rings. The number of rotatable bonds is 1. The maximum Gasteiger partial charge on any atom is -0.0238 e. The number of fused-ring (bicyclic) bond motifs is 5. The maximum absolute atomic E-state index is 1.64. The van der Waals surface area contributed by atoms with Crippen LogP contribution in [0.4, 0.5) is 0 Å². The van der Waals surface area contributed by atoms with Gasteiger partial charge in [0.15, 0.2) is 0 Å². The third-order valence-corrected chi connectivity index (χ3v) is 7.55. The Bertz CT molecular complexity index is 264. The van der Waals surface area contributed by atoms with E-state index in [2.05, 4.69) is 0 Å². The van der Waals surface area contributed by atoms with Gasteiger partial charge in [0.1, 0.15) is 0 Å². The predicted molar refractivity (Wildman–Crippen MR) is 76.5 cm³/mol. The molecule has 0 heteroatoms. The van der Waals surface area contributed by atoms with Gasteiger partial charge in [-0.2, -0.15) is 0 Å². The molecule has 4 saturated carbocycles. The largest absolute Gasteiger partial charge is 0.0525 e. The van der Waals surface area contributed by atoms with Crippen LogP contribution in [0.2, 0.25) is 0 Å². The van der Waals surface area contributed by atoms with Gasteiger partial charge in [-0.15, -0.1) is 0 Å². The van der Waals surface area contributed by atoms with Crippen LogP contribution in [0.5, 0.6) is 0 Å². The smallest absolute Gasteiger partial charge is 0.0238 e. The second-order valence-electron chi connectivity index (χ2n) is 8.27. The van der Waals surface area contributed by atoms with Gasteiger partial charge in [-0.05, 0) is 61.2 Å². The zero-order valence-corrected chi connectivity index (χ0v) is 12.1. The lowest BCUT2D eigenvalue weighted by molar-refractivity contribution is -0.109. The summed E-state index contributed by atoms with van der Waals surface area (Å²) in [5.74, 6) is 2.26. The van der Waals surface area contributed by atoms with Crippen molar-refractivity contribution < 1.29 is 0 Å². The van der Waals surface area contributed by atoms with Crippen LogP contribution >= 0.6 is 0 Å². The molecule has 0 N–H and O–H groups in total. The Morgan fingerprint density at radius 2 is 0.833 bits per heavy atom. The zero-order valence-electron chi connectivity index (χ0n) is 12.1. The van der Waals surface area contributed by atoms with Gasteiger partial charge in [-0.1, -0.05) is 51.4 Å². The highest BCUT2D eigenvalue weighted by Gasteiger charge is 2.55. The van der Waals surface area contributed by atoms with Gasteiger partial charge in [0.2, 0.25) is 0 Å². The van der Waals surface area contributed by atoms with E-state index in [0.717, 1.165) is 22.7 Å². The molecule has 0 aromatic rings. The van der Waals surface area contributed by atoms with Gasteiger partial charge in [0.05, 0.1) is 0 Å². The van der Waals surface area contributed by atoms with E-state index >= 15 is 0 Å². The topological polar surface area (TPSA) is 0 Å². The van der Waals surface area contributed by atoms with Crippen LogP contribution in [-0.2, 0) is 0 Å². The first kappa shape index (κ1) is 11.8. The average Bonchev–Trinajstić information content (AvgIpc) is 2.39. The molecule has 0 unspecified atom stereocenters. The monoisotopic (exact) mass is 246 g/mol. The lowest BCUT2D eigenvalue weighted by Crippen LogP contribution is -2.51. The predicted octanol–water partition coefficient (Wildman–Crippen LogP) is 5.71. The van der Waals surface area contributed by atoms with Crippen molar-refractivity contribution in [3.8, 4) is 0 Å². The molecule has 0 saturated heterocycles. The van der Waals surface area contributed by atoms with Crippen molar-refractivity contribution in [2.45, 2.75) is 89.9 Å². The van der Waals surface area contributed by atoms with Crippen molar-refractivity contribution in [2.75, 3.05) is 0 Å². The van der Waals surface area contributed by atoms with Gasteiger partial charge in [-0.3, -0.25) is 0 Å². The zero-order chi connectivity index (χ0) is 12.1. The van der Waals surface area contributed by atoms with Crippen LogP contribution in [0.1, 0.15) is 89.9 Å². The second kappa shape index (κ2) is 4.25. The Hall–Kier alpha value is 0. The number of hydrogen-bond donors (Lipinski definition) is 0. The Kier molecular flexibility index (Phi) is 2.79. The molecule has 0 atom stereocenters. The molecule has 4 fully saturated rings. The van der Waals surface area contributed by atoms with E-state index in [1.165, 1.54) is 0 Å². The summed E-state index contributed by atoms with van der Waals surface area (Å²) < 4.78 is 0. The molecule has 0 aromatic carbocycles. The number of hydrogen-bond acceptors (Lipinski definition) is 0. The highest BCUT2D eigenvalue weighted by molar-refractivity contribution is 5.06. The Morgan fingerprint density at radius 3 is 1.17 bits per heavy atom. The van der Waals surface area contributed by atoms with Crippen LogP contribution in [0.25, 0.3) is 0 Å². The van der Waals surface area contributed by atoms with E-state index in [9.17, 15) is 0 Å². The lowest BCUT2D eigenvalue weighted by Gasteiger charge is -2.61. The van der Waals surface area contributed by atoms with Gasteiger partial charge in [0, 0.05) is 0 Å². The van der Waals surface area contributed by atoms with Crippen LogP contribution in [0.15, 0.2) is 0 Å². The minimum Gasteiger partial charge on any atom is -0.0525 e. The molecule has 4 bridgehead atoms. The molecule has 102 valence electrons. The highest BCUT2D eigenvalue weighted by atomic mass is 14.6. The summed E-state index contributed by atoms with van der Waals surface area (Å²) in [6, 6.07) is 0. The Balaban J connectivity index is 1.66. The summed E-state index contributed by atoms with van der Waals surface area (Å²) in [6.45, 7) is 0. The van der Waals surface area contributed by atoms with Crippen molar-refractivity contribution >= 4 is 0 Å². The van der Waals surface area contributed by atoms with Gasteiger partial charge in [-0.25, -0.2) is 0 Å². The van der Waals surface area contributed by atoms with Crippen molar-refractivity contribution in [2.24, 2.45) is 22.7 Å². The third-order valence-electron chi connectivity index (χ3n) is 7.55. The summed E-state index contributed by atoms with van der Waals surface area (Å²) in [6.07, 6.45) is 22.3. The minimum absolute atomic E-state index is 0.827. The molecule has 0 amide bonds. The van der Waals surface area contributed by atoms with Crippen LogP contribution < -0.4 is 0 Å². The van der Waals surface area contributed by atoms with Crippen molar-refractivity contribution in [1.82, 2.24) is 0 Å². The first-order valence-electron chi connectivity index (χ1n) is 8.82. The molecular weight excluding hydrogens is 216 g/mol. The van der Waals surface area contributed by atoms with Gasteiger partial charge >= 0.3 is 0 Å². The molecule has 0 aliphatic heterocycles. The Morgan fingerprint density at radius 1 is 0.500 bits per heavy atom. The molecule has 4 rings (SSSR count). The average molecular weight is 246 g/mol. The fourth-order valence-corrected chi connectivity index (χ4v) is 6.87. The van der Waals surface area contributed by atoms with E-state index < -0.39 is 0 Å². The molecule has 0 heterocycles. The molecule has 18 heavy (non-hydrogen) atoms.